The van der Waals surface area contributed by atoms with Crippen molar-refractivity contribution in [3.63, 3.8) is 0 Å². The molecule has 6 aliphatic rings. The number of carbonyl (C=O) groups excluding carboxylic acids is 1. The lowest BCUT2D eigenvalue weighted by atomic mass is 9.62. The van der Waals surface area contributed by atoms with E-state index >= 15 is 0 Å². The van der Waals surface area contributed by atoms with Crippen molar-refractivity contribution in [3.05, 3.63) is 120 Å². The number of phenols is 3. The predicted octanol–water partition coefficient (Wildman–Crippen LogP) is 6.75. The molecule has 4 fully saturated rings. The van der Waals surface area contributed by atoms with E-state index in [0.717, 1.165) is 60.6 Å². The number of aromatic amines is 1. The highest BCUT2D eigenvalue weighted by molar-refractivity contribution is 5.83. The molecular formula is C58H69N9O8. The molecule has 4 aliphatic heterocycles. The molecule has 1 spiro atoms. The topological polar surface area (TPSA) is 235 Å². The SMILES string of the molecule is CNC[C@@H]1[C@H](n2cc3cc[nH]c3c2)NC(=NCCCC2=CCNC(N)=C2)N[C@@]12CCC[C@H]1Oc3cc(ccc3O)C[C@@H]3[C@@H]4O[C@H](c5cc(O)c(O)c(OCCc6cccnc6)c5)C[C@H](OC(C)=O)[C@@H]4CC[C@H]3C#C[C@H]12. The van der Waals surface area contributed by atoms with E-state index in [2.05, 4.69) is 72.2 Å². The summed E-state index contributed by atoms with van der Waals surface area (Å²) in [5.74, 6) is 7.92. The number of phenolic OH excluding ortho intramolecular Hbond substituents is 3. The van der Waals surface area contributed by atoms with E-state index in [0.29, 0.717) is 68.4 Å². The molecule has 394 valence electrons. The molecule has 11 rings (SSSR count). The summed E-state index contributed by atoms with van der Waals surface area (Å²) in [4.78, 5) is 25.7. The van der Waals surface area contributed by atoms with Crippen molar-refractivity contribution in [2.45, 2.75) is 107 Å². The summed E-state index contributed by atoms with van der Waals surface area (Å²) in [5, 5.41) is 49.4. The first-order valence-electron chi connectivity index (χ1n) is 26.7. The third kappa shape index (κ3) is 10.4. The maximum Gasteiger partial charge on any atom is 0.302 e. The molecule has 5 aromatic rings. The zero-order valence-electron chi connectivity index (χ0n) is 42.6. The van der Waals surface area contributed by atoms with Gasteiger partial charge in [-0.1, -0.05) is 30.0 Å². The Bertz CT molecular complexity index is 3000. The van der Waals surface area contributed by atoms with Crippen LogP contribution in [0, 0.1) is 41.4 Å². The highest BCUT2D eigenvalue weighted by Gasteiger charge is 2.57. The van der Waals surface area contributed by atoms with Crippen molar-refractivity contribution in [1.29, 1.82) is 0 Å². The Balaban J connectivity index is 0.959. The number of carbonyl (C=O) groups is 1. The van der Waals surface area contributed by atoms with Crippen LogP contribution >= 0.6 is 0 Å². The molecule has 2 aliphatic carbocycles. The first kappa shape index (κ1) is 49.9. The van der Waals surface area contributed by atoms with Crippen LogP contribution in [0.4, 0.5) is 0 Å². The Labute approximate surface area is 437 Å². The summed E-state index contributed by atoms with van der Waals surface area (Å²) in [6.45, 7) is 3.63. The van der Waals surface area contributed by atoms with Crippen molar-refractivity contribution in [3.8, 4) is 40.6 Å². The largest absolute Gasteiger partial charge is 0.504 e. The number of hydrogen-bond acceptors (Lipinski definition) is 13. The number of esters is 1. The second-order valence-electron chi connectivity index (χ2n) is 21.2. The van der Waals surface area contributed by atoms with Crippen molar-refractivity contribution < 1.29 is 39.1 Å². The van der Waals surface area contributed by atoms with Crippen LogP contribution in [-0.4, -0.2) is 98.9 Å². The van der Waals surface area contributed by atoms with Crippen LogP contribution in [0.15, 0.2) is 108 Å². The Hall–Kier alpha value is -7.29. The number of aromatic nitrogens is 3. The van der Waals surface area contributed by atoms with E-state index in [1.807, 2.05) is 43.6 Å². The number of aliphatic imine (C=N–C) groups is 1. The van der Waals surface area contributed by atoms with E-state index < -0.39 is 23.9 Å². The lowest BCUT2D eigenvalue weighted by molar-refractivity contribution is -0.196. The van der Waals surface area contributed by atoms with Crippen LogP contribution in [0.1, 0.15) is 87.3 Å². The monoisotopic (exact) mass is 1020 g/mol. The normalized spacial score (nSPS) is 29.5. The molecule has 75 heavy (non-hydrogen) atoms. The molecule has 2 bridgehead atoms. The molecule has 0 radical (unpaired) electrons. The fourth-order valence-electron chi connectivity index (χ4n) is 13.0. The number of ether oxygens (including phenoxy) is 4. The Morgan fingerprint density at radius 3 is 2.80 bits per heavy atom. The smallest absolute Gasteiger partial charge is 0.302 e. The van der Waals surface area contributed by atoms with E-state index in [-0.39, 0.29) is 77.4 Å². The average molecular weight is 1020 g/mol. The van der Waals surface area contributed by atoms with Gasteiger partial charge < -0.3 is 70.8 Å². The van der Waals surface area contributed by atoms with Gasteiger partial charge in [0.05, 0.1) is 41.6 Å². The molecule has 2 saturated carbocycles. The number of nitrogens with zero attached hydrogens (tertiary/aromatic N) is 3. The van der Waals surface area contributed by atoms with Gasteiger partial charge in [-0.15, -0.1) is 0 Å². The first-order chi connectivity index (χ1) is 36.5. The summed E-state index contributed by atoms with van der Waals surface area (Å²) in [6, 6.07) is 14.8. The third-order valence-corrected chi connectivity index (χ3v) is 16.5. The van der Waals surface area contributed by atoms with Crippen LogP contribution in [0.3, 0.4) is 0 Å². The number of dihydropyridines is 1. The highest BCUT2D eigenvalue weighted by Crippen LogP contribution is 2.52. The zero-order valence-corrected chi connectivity index (χ0v) is 42.6. The minimum Gasteiger partial charge on any atom is -0.504 e. The van der Waals surface area contributed by atoms with Crippen LogP contribution in [0.2, 0.25) is 0 Å². The van der Waals surface area contributed by atoms with E-state index in [9.17, 15) is 20.1 Å². The molecule has 10 N–H and O–H groups in total. The average Bonchev–Trinajstić information content (AvgIpc) is 4.02. The minimum atomic E-state index is -0.653. The van der Waals surface area contributed by atoms with Gasteiger partial charge in [0, 0.05) is 99.4 Å². The Morgan fingerprint density at radius 2 is 1.97 bits per heavy atom. The van der Waals surface area contributed by atoms with Gasteiger partial charge in [0.2, 0.25) is 5.75 Å². The second-order valence-corrected chi connectivity index (χ2v) is 21.2. The van der Waals surface area contributed by atoms with E-state index in [1.54, 1.807) is 24.5 Å². The van der Waals surface area contributed by atoms with Gasteiger partial charge in [-0.3, -0.25) is 14.8 Å². The maximum atomic E-state index is 12.9. The summed E-state index contributed by atoms with van der Waals surface area (Å²) in [7, 11) is 2.00. The third-order valence-electron chi connectivity index (χ3n) is 16.5. The number of rotatable bonds is 13. The summed E-state index contributed by atoms with van der Waals surface area (Å²) < 4.78 is 28.9. The molecule has 2 saturated heterocycles. The molecule has 0 unspecified atom stereocenters. The van der Waals surface area contributed by atoms with Crippen LogP contribution in [0.25, 0.3) is 10.9 Å². The summed E-state index contributed by atoms with van der Waals surface area (Å²) in [5.41, 5.74) is 10.2. The summed E-state index contributed by atoms with van der Waals surface area (Å²) in [6.07, 6.45) is 18.8. The van der Waals surface area contributed by atoms with Crippen molar-refractivity contribution in [1.82, 2.24) is 35.8 Å². The molecule has 17 heteroatoms. The number of nitrogens with one attached hydrogen (secondary N) is 5. The maximum absolute atomic E-state index is 12.9. The van der Waals surface area contributed by atoms with Crippen LogP contribution in [-0.2, 0) is 27.1 Å². The number of pyridine rings is 1. The van der Waals surface area contributed by atoms with E-state index in [4.69, 9.17) is 29.7 Å². The first-order valence-corrected chi connectivity index (χ1v) is 26.7. The van der Waals surface area contributed by atoms with Gasteiger partial charge in [0.25, 0.3) is 0 Å². The quantitative estimate of drug-likeness (QED) is 0.0257. The van der Waals surface area contributed by atoms with Gasteiger partial charge in [-0.05, 0) is 123 Å². The lowest BCUT2D eigenvalue weighted by Crippen LogP contribution is -2.73. The van der Waals surface area contributed by atoms with Crippen molar-refractivity contribution in [2.75, 3.05) is 33.3 Å². The predicted molar refractivity (Wildman–Crippen MR) is 284 cm³/mol. The molecule has 0 amide bonds. The highest BCUT2D eigenvalue weighted by atomic mass is 16.6. The van der Waals surface area contributed by atoms with Gasteiger partial charge in [-0.2, -0.15) is 0 Å². The van der Waals surface area contributed by atoms with Gasteiger partial charge in [0.1, 0.15) is 18.4 Å². The number of benzene rings is 2. The molecule has 3 aromatic heterocycles. The van der Waals surface area contributed by atoms with Gasteiger partial charge >= 0.3 is 5.97 Å². The summed E-state index contributed by atoms with van der Waals surface area (Å²) >= 11 is 0. The van der Waals surface area contributed by atoms with Gasteiger partial charge in [0.15, 0.2) is 29.0 Å². The van der Waals surface area contributed by atoms with Gasteiger partial charge in [-0.25, -0.2) is 0 Å². The molecule has 7 heterocycles. The molecule has 11 atom stereocenters. The number of hydrogen-bond donors (Lipinski definition) is 9. The number of allylic oxidation sites excluding steroid dienone is 2. The Kier molecular flexibility index (Phi) is 14.3. The van der Waals surface area contributed by atoms with Crippen LogP contribution < -0.4 is 36.5 Å². The lowest BCUT2D eigenvalue weighted by Gasteiger charge is -2.56. The fourth-order valence-corrected chi connectivity index (χ4v) is 13.0. The fraction of sp³-hybridized carbons (Fsp3) is 0.466. The number of fused-ring (bicyclic) bond motifs is 8. The molecule has 17 nitrogen and oxygen atoms in total. The standard InChI is InChI=1S/C58H69N9O8/c1-34(68)73-50-29-49(40-27-47(70)54(71)52(28-40)72-23-17-36-7-4-19-61-30-36)75-55-41(50)12-10-38-11-13-43-48(74-51-25-37(24-42(38)55)9-14-46(51)69)8-3-18-58(43)44(31-60-2)56(67-32-39-16-22-62-45(39)33-67)65-57(66-58)64-20-5-6-35-15-21-63-53(59)26-35/h4,7,9,14-16,19,22,25-28,30,32-33,38,41-44,48-50,55-56,60,62-63,69-71H,3,5-6,8,10,12,17-18,20-21,23-24,29,31,59H2,1-2H3,(H2,64,65,66)/t38-,41-,42-,43+,44+,48+,49-,50-,55+,56-,58+/m0/s1. The zero-order chi connectivity index (χ0) is 51.6. The number of H-pyrrole nitrogens is 1. The molecular weight excluding hydrogens is 951 g/mol. The van der Waals surface area contributed by atoms with Crippen LogP contribution in [0.5, 0.6) is 28.7 Å². The Morgan fingerprint density at radius 1 is 1.07 bits per heavy atom. The van der Waals surface area contributed by atoms with E-state index in [1.165, 1.54) is 18.6 Å². The second kappa shape index (κ2) is 21.5. The number of nitrogens with two attached hydrogens (primary N) is 1. The molecule has 2 aromatic carbocycles. The number of guanidine groups is 1. The van der Waals surface area contributed by atoms with Crippen molar-refractivity contribution >= 4 is 22.8 Å². The number of aromatic hydroxyl groups is 3. The minimum absolute atomic E-state index is 0.0601. The van der Waals surface area contributed by atoms with Crippen molar-refractivity contribution in [2.24, 2.45) is 40.3 Å².